The van der Waals surface area contributed by atoms with Gasteiger partial charge in [-0.25, -0.2) is 0 Å². The van der Waals surface area contributed by atoms with E-state index in [1.54, 1.807) is 13.2 Å². The molecule has 164 valence electrons. The lowest BCUT2D eigenvalue weighted by Gasteiger charge is -2.12. The largest absolute Gasteiger partial charge is 0.493 e. The summed E-state index contributed by atoms with van der Waals surface area (Å²) in [5.74, 6) is 0.961. The molecule has 1 fully saturated rings. The van der Waals surface area contributed by atoms with E-state index in [1.807, 2.05) is 37.3 Å². The molecule has 2 amide bonds. The van der Waals surface area contributed by atoms with Gasteiger partial charge in [0, 0.05) is 6.54 Å². The van der Waals surface area contributed by atoms with Crippen LogP contribution in [0.4, 0.5) is 4.79 Å². The minimum Gasteiger partial charge on any atom is -0.493 e. The highest BCUT2D eigenvalue weighted by Gasteiger charge is 2.34. The van der Waals surface area contributed by atoms with Crippen LogP contribution in [-0.4, -0.2) is 29.7 Å². The molecule has 0 spiro atoms. The molecule has 0 bridgehead atoms. The number of carbonyl (C=O) groups is 2. The van der Waals surface area contributed by atoms with Gasteiger partial charge in [0.2, 0.25) is 0 Å². The monoisotopic (exact) mass is 447 g/mol. The minimum absolute atomic E-state index is 0.211. The highest BCUT2D eigenvalue weighted by atomic mass is 32.2. The third-order valence-electron chi connectivity index (χ3n) is 5.30. The zero-order valence-electron chi connectivity index (χ0n) is 18.2. The molecule has 4 rings (SSSR count). The van der Waals surface area contributed by atoms with Gasteiger partial charge < -0.3 is 9.47 Å². The molecule has 6 heteroatoms. The van der Waals surface area contributed by atoms with E-state index in [2.05, 4.69) is 30.3 Å². The number of imide groups is 1. The van der Waals surface area contributed by atoms with Crippen molar-refractivity contribution < 1.29 is 19.1 Å². The number of fused-ring (bicyclic) bond motifs is 1. The van der Waals surface area contributed by atoms with Crippen molar-refractivity contribution in [2.24, 2.45) is 0 Å². The molecular weight excluding hydrogens is 422 g/mol. The van der Waals surface area contributed by atoms with E-state index in [0.717, 1.165) is 35.7 Å². The van der Waals surface area contributed by atoms with E-state index in [4.69, 9.17) is 9.47 Å². The van der Waals surface area contributed by atoms with Crippen molar-refractivity contribution in [3.05, 3.63) is 76.7 Å². The first-order chi connectivity index (χ1) is 15.6. The lowest BCUT2D eigenvalue weighted by atomic mass is 10.1. The van der Waals surface area contributed by atoms with Crippen molar-refractivity contribution in [2.45, 2.75) is 26.4 Å². The van der Waals surface area contributed by atoms with Gasteiger partial charge in [0.25, 0.3) is 11.1 Å². The zero-order chi connectivity index (χ0) is 22.5. The molecule has 0 saturated carbocycles. The summed E-state index contributed by atoms with van der Waals surface area (Å²) in [6, 6.07) is 20.0. The molecule has 0 aliphatic carbocycles. The second kappa shape index (κ2) is 9.92. The molecule has 32 heavy (non-hydrogen) atoms. The lowest BCUT2D eigenvalue weighted by molar-refractivity contribution is -0.122. The quantitative estimate of drug-likeness (QED) is 0.381. The van der Waals surface area contributed by atoms with Crippen LogP contribution in [0, 0.1) is 0 Å². The Morgan fingerprint density at radius 2 is 1.78 bits per heavy atom. The second-order valence-electron chi connectivity index (χ2n) is 7.57. The van der Waals surface area contributed by atoms with Crippen molar-refractivity contribution in [3.8, 4) is 11.5 Å². The van der Waals surface area contributed by atoms with E-state index in [-0.39, 0.29) is 11.1 Å². The summed E-state index contributed by atoms with van der Waals surface area (Å²) in [5.41, 5.74) is 1.84. The maximum atomic E-state index is 12.6. The Kier molecular flexibility index (Phi) is 6.81. The number of ether oxygens (including phenoxy) is 2. The third-order valence-corrected chi connectivity index (χ3v) is 6.21. The molecule has 0 aromatic heterocycles. The van der Waals surface area contributed by atoms with Gasteiger partial charge in [0.05, 0.1) is 12.0 Å². The van der Waals surface area contributed by atoms with Gasteiger partial charge in [-0.1, -0.05) is 55.8 Å². The van der Waals surface area contributed by atoms with Crippen LogP contribution in [0.1, 0.15) is 30.9 Å². The van der Waals surface area contributed by atoms with Crippen LogP contribution in [0.25, 0.3) is 16.8 Å². The summed E-state index contributed by atoms with van der Waals surface area (Å²) in [4.78, 5) is 26.5. The fourth-order valence-electron chi connectivity index (χ4n) is 3.54. The predicted octanol–water partition coefficient (Wildman–Crippen LogP) is 6.26. The summed E-state index contributed by atoms with van der Waals surface area (Å²) in [6.45, 7) is 2.91. The Balaban J connectivity index is 1.48. The van der Waals surface area contributed by atoms with Crippen molar-refractivity contribution in [1.82, 2.24) is 4.90 Å². The number of nitrogens with zero attached hydrogens (tertiary/aromatic N) is 1. The molecule has 5 nitrogen and oxygen atoms in total. The summed E-state index contributed by atoms with van der Waals surface area (Å²) in [7, 11) is 1.58. The van der Waals surface area contributed by atoms with Crippen molar-refractivity contribution in [2.75, 3.05) is 13.7 Å². The van der Waals surface area contributed by atoms with Gasteiger partial charge in [0.1, 0.15) is 6.61 Å². The summed E-state index contributed by atoms with van der Waals surface area (Å²) < 4.78 is 11.5. The first-order valence-electron chi connectivity index (χ1n) is 10.6. The number of methoxy groups -OCH3 is 1. The highest BCUT2D eigenvalue weighted by Crippen LogP contribution is 2.35. The third kappa shape index (κ3) is 4.81. The van der Waals surface area contributed by atoms with E-state index in [0.29, 0.717) is 29.6 Å². The standard InChI is InChI=1S/C26H25NO4S/c1-3-4-13-27-25(28)24(32-26(27)29)16-18-10-12-22(23(15-18)30-2)31-17-19-9-11-20-7-5-6-8-21(20)14-19/h5-12,14-16H,3-4,13,17H2,1-2H3/b24-16-. The molecule has 1 saturated heterocycles. The van der Waals surface area contributed by atoms with Crippen LogP contribution in [0.15, 0.2) is 65.6 Å². The van der Waals surface area contributed by atoms with Crippen LogP contribution in [-0.2, 0) is 11.4 Å². The van der Waals surface area contributed by atoms with Crippen LogP contribution in [0.3, 0.4) is 0 Å². The first kappa shape index (κ1) is 22.0. The summed E-state index contributed by atoms with van der Waals surface area (Å²) >= 11 is 0.980. The number of rotatable bonds is 8. The smallest absolute Gasteiger partial charge is 0.293 e. The maximum Gasteiger partial charge on any atom is 0.293 e. The Bertz CT molecular complexity index is 1190. The van der Waals surface area contributed by atoms with Crippen LogP contribution in [0.5, 0.6) is 11.5 Å². The number of unbranched alkanes of at least 4 members (excludes halogenated alkanes) is 1. The van der Waals surface area contributed by atoms with Gasteiger partial charge in [-0.3, -0.25) is 14.5 Å². The topological polar surface area (TPSA) is 55.8 Å². The normalized spacial score (nSPS) is 15.1. The summed E-state index contributed by atoms with van der Waals surface area (Å²) in [6.07, 6.45) is 3.47. The van der Waals surface area contributed by atoms with E-state index in [1.165, 1.54) is 15.7 Å². The average molecular weight is 448 g/mol. The fourth-order valence-corrected chi connectivity index (χ4v) is 4.41. The van der Waals surface area contributed by atoms with Gasteiger partial charge in [-0.15, -0.1) is 0 Å². The van der Waals surface area contributed by atoms with E-state index < -0.39 is 0 Å². The highest BCUT2D eigenvalue weighted by molar-refractivity contribution is 8.18. The van der Waals surface area contributed by atoms with Crippen LogP contribution < -0.4 is 9.47 Å². The molecule has 3 aromatic carbocycles. The molecule has 1 heterocycles. The number of carbonyl (C=O) groups excluding carboxylic acids is 2. The average Bonchev–Trinajstić information content (AvgIpc) is 3.08. The number of benzene rings is 3. The number of hydrogen-bond acceptors (Lipinski definition) is 5. The Labute approximate surface area is 192 Å². The van der Waals surface area contributed by atoms with E-state index in [9.17, 15) is 9.59 Å². The van der Waals surface area contributed by atoms with Crippen molar-refractivity contribution in [1.29, 1.82) is 0 Å². The van der Waals surface area contributed by atoms with Gasteiger partial charge >= 0.3 is 0 Å². The van der Waals surface area contributed by atoms with Gasteiger partial charge in [-0.2, -0.15) is 0 Å². The molecule has 0 unspecified atom stereocenters. The zero-order valence-corrected chi connectivity index (χ0v) is 19.0. The molecule has 3 aromatic rings. The fraction of sp³-hybridized carbons (Fsp3) is 0.231. The minimum atomic E-state index is -0.232. The molecule has 0 N–H and O–H groups in total. The lowest BCUT2D eigenvalue weighted by Crippen LogP contribution is -2.29. The number of amides is 2. The molecule has 0 atom stereocenters. The van der Waals surface area contributed by atoms with Crippen molar-refractivity contribution in [3.63, 3.8) is 0 Å². The van der Waals surface area contributed by atoms with Crippen LogP contribution >= 0.6 is 11.8 Å². The number of hydrogen-bond donors (Lipinski definition) is 0. The van der Waals surface area contributed by atoms with E-state index >= 15 is 0 Å². The number of thioether (sulfide) groups is 1. The SMILES string of the molecule is CCCCN1C(=O)S/C(=C\c2ccc(OCc3ccc4ccccc4c3)c(OC)c2)C1=O. The Morgan fingerprint density at radius 3 is 2.56 bits per heavy atom. The van der Waals surface area contributed by atoms with Gasteiger partial charge in [-0.05, 0) is 64.4 Å². The Hall–Kier alpha value is -3.25. The Morgan fingerprint density at radius 1 is 0.969 bits per heavy atom. The maximum absolute atomic E-state index is 12.6. The van der Waals surface area contributed by atoms with Crippen LogP contribution in [0.2, 0.25) is 0 Å². The second-order valence-corrected chi connectivity index (χ2v) is 8.56. The van der Waals surface area contributed by atoms with Gasteiger partial charge in [0.15, 0.2) is 11.5 Å². The molecular formula is C26H25NO4S. The van der Waals surface area contributed by atoms with Crippen molar-refractivity contribution >= 4 is 39.8 Å². The summed E-state index contributed by atoms with van der Waals surface area (Å²) in [5, 5.41) is 2.15. The molecule has 0 radical (unpaired) electrons. The molecule has 1 aliphatic rings. The molecule has 1 aliphatic heterocycles. The predicted molar refractivity (Wildman–Crippen MR) is 129 cm³/mol. The first-order valence-corrected chi connectivity index (χ1v) is 11.4.